The van der Waals surface area contributed by atoms with Crippen LogP contribution in [0.25, 0.3) is 0 Å². The van der Waals surface area contributed by atoms with Crippen LogP contribution in [-0.4, -0.2) is 62.0 Å². The predicted molar refractivity (Wildman–Crippen MR) is 124 cm³/mol. The number of likely N-dealkylation sites (tertiary alicyclic amines) is 1. The molecule has 0 saturated carbocycles. The van der Waals surface area contributed by atoms with Crippen molar-refractivity contribution in [2.45, 2.75) is 38.3 Å². The standard InChI is InChI=1S/C25H31N3O5/c1-17(29)26-21(15-18-9-10-22(32-2)23(16-18)33-3)24(30)27-20-11-13-28(14-12-20)25(31)19-7-5-4-6-8-19/h4-10,16,20-21H,11-15H2,1-3H3,(H,26,29)(H,27,30)/t21-/m0/s1. The number of benzene rings is 2. The van der Waals surface area contributed by atoms with Gasteiger partial charge in [0.1, 0.15) is 6.04 Å². The Morgan fingerprint density at radius 1 is 1.00 bits per heavy atom. The quantitative estimate of drug-likeness (QED) is 0.639. The first kappa shape index (κ1) is 24.1. The number of piperidine rings is 1. The van der Waals surface area contributed by atoms with Crippen molar-refractivity contribution in [2.75, 3.05) is 27.3 Å². The fourth-order valence-corrected chi connectivity index (χ4v) is 3.99. The fraction of sp³-hybridized carbons (Fsp3) is 0.400. The zero-order valence-corrected chi connectivity index (χ0v) is 19.3. The minimum Gasteiger partial charge on any atom is -0.493 e. The number of methoxy groups -OCH3 is 2. The van der Waals surface area contributed by atoms with Crippen molar-refractivity contribution in [3.8, 4) is 11.5 Å². The SMILES string of the molecule is COc1ccc(C[C@H](NC(C)=O)C(=O)NC2CCN(C(=O)c3ccccc3)CC2)cc1OC. The summed E-state index contributed by atoms with van der Waals surface area (Å²) in [7, 11) is 3.11. The van der Waals surface area contributed by atoms with E-state index in [0.29, 0.717) is 49.4 Å². The molecule has 0 aromatic heterocycles. The average molecular weight is 454 g/mol. The first-order chi connectivity index (χ1) is 15.9. The number of hydrogen-bond acceptors (Lipinski definition) is 5. The van der Waals surface area contributed by atoms with Crippen molar-refractivity contribution in [3.05, 3.63) is 59.7 Å². The Hall–Kier alpha value is -3.55. The van der Waals surface area contributed by atoms with Gasteiger partial charge < -0.3 is 25.0 Å². The summed E-state index contributed by atoms with van der Waals surface area (Å²) in [6.45, 7) is 2.53. The summed E-state index contributed by atoms with van der Waals surface area (Å²) >= 11 is 0. The maximum Gasteiger partial charge on any atom is 0.253 e. The molecule has 2 aromatic rings. The van der Waals surface area contributed by atoms with Crippen LogP contribution in [0.5, 0.6) is 11.5 Å². The van der Waals surface area contributed by atoms with Crippen LogP contribution in [0.1, 0.15) is 35.7 Å². The number of carbonyl (C=O) groups is 3. The van der Waals surface area contributed by atoms with Gasteiger partial charge in [-0.05, 0) is 42.7 Å². The van der Waals surface area contributed by atoms with Gasteiger partial charge in [0, 0.05) is 38.0 Å². The molecule has 176 valence electrons. The van der Waals surface area contributed by atoms with E-state index in [-0.39, 0.29) is 23.8 Å². The lowest BCUT2D eigenvalue weighted by Gasteiger charge is -2.33. The second-order valence-corrected chi connectivity index (χ2v) is 8.09. The number of nitrogens with zero attached hydrogens (tertiary/aromatic N) is 1. The molecule has 1 atom stereocenters. The molecule has 0 radical (unpaired) electrons. The normalized spacial score (nSPS) is 14.8. The largest absolute Gasteiger partial charge is 0.493 e. The van der Waals surface area contributed by atoms with Crippen molar-refractivity contribution in [2.24, 2.45) is 0 Å². The van der Waals surface area contributed by atoms with Gasteiger partial charge in [-0.3, -0.25) is 14.4 Å². The summed E-state index contributed by atoms with van der Waals surface area (Å²) in [5, 5.41) is 5.79. The summed E-state index contributed by atoms with van der Waals surface area (Å²) < 4.78 is 10.6. The highest BCUT2D eigenvalue weighted by molar-refractivity contribution is 5.94. The molecule has 3 amide bonds. The Labute approximate surface area is 194 Å². The van der Waals surface area contributed by atoms with Crippen LogP contribution in [0, 0.1) is 0 Å². The van der Waals surface area contributed by atoms with Gasteiger partial charge in [0.2, 0.25) is 11.8 Å². The first-order valence-corrected chi connectivity index (χ1v) is 11.0. The average Bonchev–Trinajstić information content (AvgIpc) is 2.83. The van der Waals surface area contributed by atoms with E-state index in [0.717, 1.165) is 5.56 Å². The third kappa shape index (κ3) is 6.47. The molecule has 0 unspecified atom stereocenters. The van der Waals surface area contributed by atoms with E-state index in [4.69, 9.17) is 9.47 Å². The topological polar surface area (TPSA) is 97.0 Å². The number of amides is 3. The van der Waals surface area contributed by atoms with E-state index < -0.39 is 6.04 Å². The van der Waals surface area contributed by atoms with Crippen LogP contribution in [0.15, 0.2) is 48.5 Å². The lowest BCUT2D eigenvalue weighted by atomic mass is 10.0. The molecule has 1 aliphatic rings. The molecule has 2 N–H and O–H groups in total. The first-order valence-electron chi connectivity index (χ1n) is 11.0. The van der Waals surface area contributed by atoms with Crippen LogP contribution in [-0.2, 0) is 16.0 Å². The molecule has 33 heavy (non-hydrogen) atoms. The molecule has 8 heteroatoms. The lowest BCUT2D eigenvalue weighted by molar-refractivity contribution is -0.128. The summed E-state index contributed by atoms with van der Waals surface area (Å²) in [4.78, 5) is 39.2. The highest BCUT2D eigenvalue weighted by atomic mass is 16.5. The molecule has 0 aliphatic carbocycles. The molecular weight excluding hydrogens is 422 g/mol. The second kappa shape index (κ2) is 11.4. The van der Waals surface area contributed by atoms with E-state index in [2.05, 4.69) is 10.6 Å². The van der Waals surface area contributed by atoms with E-state index in [9.17, 15) is 14.4 Å². The summed E-state index contributed by atoms with van der Waals surface area (Å²) in [5.74, 6) is 0.641. The van der Waals surface area contributed by atoms with E-state index >= 15 is 0 Å². The Bertz CT molecular complexity index is 971. The van der Waals surface area contributed by atoms with Gasteiger partial charge >= 0.3 is 0 Å². The number of ether oxygens (including phenoxy) is 2. The van der Waals surface area contributed by atoms with Gasteiger partial charge in [0.05, 0.1) is 14.2 Å². The smallest absolute Gasteiger partial charge is 0.253 e. The highest BCUT2D eigenvalue weighted by Crippen LogP contribution is 2.28. The Kier molecular flexibility index (Phi) is 8.29. The van der Waals surface area contributed by atoms with Gasteiger partial charge in [-0.15, -0.1) is 0 Å². The van der Waals surface area contributed by atoms with Crippen molar-refractivity contribution in [3.63, 3.8) is 0 Å². The maximum atomic E-state index is 13.0. The molecule has 1 saturated heterocycles. The van der Waals surface area contributed by atoms with Gasteiger partial charge in [-0.25, -0.2) is 0 Å². The Morgan fingerprint density at radius 2 is 1.67 bits per heavy atom. The molecule has 8 nitrogen and oxygen atoms in total. The third-order valence-electron chi connectivity index (χ3n) is 5.73. The van der Waals surface area contributed by atoms with Crippen LogP contribution < -0.4 is 20.1 Å². The van der Waals surface area contributed by atoms with Gasteiger partial charge in [-0.1, -0.05) is 24.3 Å². The van der Waals surface area contributed by atoms with E-state index in [1.165, 1.54) is 6.92 Å². The highest BCUT2D eigenvalue weighted by Gasteiger charge is 2.27. The van der Waals surface area contributed by atoms with Gasteiger partial charge in [0.15, 0.2) is 11.5 Å². The van der Waals surface area contributed by atoms with Crippen molar-refractivity contribution < 1.29 is 23.9 Å². The van der Waals surface area contributed by atoms with Crippen LogP contribution in [0.3, 0.4) is 0 Å². The zero-order chi connectivity index (χ0) is 23.8. The summed E-state index contributed by atoms with van der Waals surface area (Å²) in [5.41, 5.74) is 1.51. The van der Waals surface area contributed by atoms with Crippen LogP contribution in [0.4, 0.5) is 0 Å². The fourth-order valence-electron chi connectivity index (χ4n) is 3.99. The number of rotatable bonds is 8. The Balaban J connectivity index is 1.59. The summed E-state index contributed by atoms with van der Waals surface area (Å²) in [6.07, 6.45) is 1.64. The third-order valence-corrected chi connectivity index (χ3v) is 5.73. The molecule has 1 fully saturated rings. The molecule has 1 heterocycles. The summed E-state index contributed by atoms with van der Waals surface area (Å²) in [6, 6.07) is 13.8. The second-order valence-electron chi connectivity index (χ2n) is 8.09. The van der Waals surface area contributed by atoms with Crippen molar-refractivity contribution in [1.82, 2.24) is 15.5 Å². The lowest BCUT2D eigenvalue weighted by Crippen LogP contribution is -2.53. The van der Waals surface area contributed by atoms with Gasteiger partial charge in [0.25, 0.3) is 5.91 Å². The van der Waals surface area contributed by atoms with Crippen LogP contribution in [0.2, 0.25) is 0 Å². The minimum atomic E-state index is -0.718. The molecular formula is C25H31N3O5. The number of nitrogens with one attached hydrogen (secondary N) is 2. The minimum absolute atomic E-state index is 0.00459. The molecule has 3 rings (SSSR count). The zero-order valence-electron chi connectivity index (χ0n) is 19.3. The van der Waals surface area contributed by atoms with E-state index in [1.807, 2.05) is 41.3 Å². The van der Waals surface area contributed by atoms with Crippen LogP contribution >= 0.6 is 0 Å². The predicted octanol–water partition coefficient (Wildman–Crippen LogP) is 2.17. The number of carbonyl (C=O) groups excluding carboxylic acids is 3. The molecule has 0 spiro atoms. The van der Waals surface area contributed by atoms with Crippen molar-refractivity contribution in [1.29, 1.82) is 0 Å². The van der Waals surface area contributed by atoms with Crippen molar-refractivity contribution >= 4 is 17.7 Å². The van der Waals surface area contributed by atoms with Gasteiger partial charge in [-0.2, -0.15) is 0 Å². The van der Waals surface area contributed by atoms with E-state index in [1.54, 1.807) is 26.4 Å². The molecule has 2 aromatic carbocycles. The molecule has 0 bridgehead atoms. The Morgan fingerprint density at radius 3 is 2.27 bits per heavy atom. The monoisotopic (exact) mass is 453 g/mol. The number of hydrogen-bond donors (Lipinski definition) is 2. The maximum absolute atomic E-state index is 13.0. The molecule has 1 aliphatic heterocycles.